The van der Waals surface area contributed by atoms with Gasteiger partial charge >= 0.3 is 0 Å². The zero-order chi connectivity index (χ0) is 15.6. The van der Waals surface area contributed by atoms with E-state index in [1.165, 1.54) is 0 Å². The SMILES string of the molecule is CCC1CNC(CC(C)C)CN1c1cc(F)c(F)cc1F. The molecule has 0 saturated carbocycles. The van der Waals surface area contributed by atoms with Crippen LogP contribution in [-0.4, -0.2) is 25.2 Å². The van der Waals surface area contributed by atoms with E-state index in [0.717, 1.165) is 25.5 Å². The van der Waals surface area contributed by atoms with Gasteiger partial charge in [-0.2, -0.15) is 0 Å². The molecule has 2 unspecified atom stereocenters. The molecular formula is C16H23F3N2. The van der Waals surface area contributed by atoms with Gasteiger partial charge in [-0.05, 0) is 18.8 Å². The molecule has 1 aliphatic heterocycles. The number of rotatable bonds is 4. The average Bonchev–Trinajstić information content (AvgIpc) is 2.42. The van der Waals surface area contributed by atoms with E-state index in [1.54, 1.807) is 0 Å². The molecule has 21 heavy (non-hydrogen) atoms. The smallest absolute Gasteiger partial charge is 0.161 e. The lowest BCUT2D eigenvalue weighted by Crippen LogP contribution is -2.57. The average molecular weight is 300 g/mol. The second kappa shape index (κ2) is 6.69. The van der Waals surface area contributed by atoms with E-state index < -0.39 is 17.5 Å². The Morgan fingerprint density at radius 3 is 2.48 bits per heavy atom. The summed E-state index contributed by atoms with van der Waals surface area (Å²) in [5, 5.41) is 3.46. The number of hydrogen-bond acceptors (Lipinski definition) is 2. The van der Waals surface area contributed by atoms with Crippen LogP contribution in [0, 0.1) is 23.4 Å². The molecule has 0 aromatic heterocycles. The highest BCUT2D eigenvalue weighted by atomic mass is 19.2. The normalized spacial score (nSPS) is 22.9. The van der Waals surface area contributed by atoms with Gasteiger partial charge in [0.25, 0.3) is 0 Å². The van der Waals surface area contributed by atoms with E-state index in [4.69, 9.17) is 0 Å². The second-order valence-corrected chi connectivity index (χ2v) is 6.17. The largest absolute Gasteiger partial charge is 0.363 e. The maximum absolute atomic E-state index is 14.0. The quantitative estimate of drug-likeness (QED) is 0.853. The maximum atomic E-state index is 14.0. The number of anilines is 1. The highest BCUT2D eigenvalue weighted by Gasteiger charge is 2.29. The first kappa shape index (κ1) is 16.1. The third kappa shape index (κ3) is 3.70. The molecule has 1 heterocycles. The summed E-state index contributed by atoms with van der Waals surface area (Å²) >= 11 is 0. The lowest BCUT2D eigenvalue weighted by molar-refractivity contribution is 0.340. The molecule has 1 saturated heterocycles. The van der Waals surface area contributed by atoms with Crippen molar-refractivity contribution < 1.29 is 13.2 Å². The number of hydrogen-bond donors (Lipinski definition) is 1. The summed E-state index contributed by atoms with van der Waals surface area (Å²) in [6, 6.07) is 1.94. The third-order valence-electron chi connectivity index (χ3n) is 4.03. The Balaban J connectivity index is 2.26. The fourth-order valence-electron chi connectivity index (χ4n) is 2.98. The van der Waals surface area contributed by atoms with Crippen LogP contribution in [0.2, 0.25) is 0 Å². The Morgan fingerprint density at radius 1 is 1.19 bits per heavy atom. The third-order valence-corrected chi connectivity index (χ3v) is 4.03. The van der Waals surface area contributed by atoms with Crippen LogP contribution in [0.1, 0.15) is 33.6 Å². The minimum absolute atomic E-state index is 0.0905. The molecule has 1 aromatic carbocycles. The molecule has 1 aliphatic rings. The van der Waals surface area contributed by atoms with Crippen molar-refractivity contribution in [3.05, 3.63) is 29.6 Å². The van der Waals surface area contributed by atoms with Gasteiger partial charge in [-0.15, -0.1) is 0 Å². The first-order valence-corrected chi connectivity index (χ1v) is 7.56. The Morgan fingerprint density at radius 2 is 1.86 bits per heavy atom. The van der Waals surface area contributed by atoms with Crippen LogP contribution in [0.5, 0.6) is 0 Å². The highest BCUT2D eigenvalue weighted by Crippen LogP contribution is 2.28. The molecular weight excluding hydrogens is 277 g/mol. The van der Waals surface area contributed by atoms with Gasteiger partial charge < -0.3 is 10.2 Å². The van der Waals surface area contributed by atoms with Crippen LogP contribution in [0.25, 0.3) is 0 Å². The summed E-state index contributed by atoms with van der Waals surface area (Å²) in [6.45, 7) is 7.62. The predicted octanol–water partition coefficient (Wildman–Crippen LogP) is 3.71. The van der Waals surface area contributed by atoms with Crippen LogP contribution in [-0.2, 0) is 0 Å². The predicted molar refractivity (Wildman–Crippen MR) is 79.0 cm³/mol. The molecule has 118 valence electrons. The van der Waals surface area contributed by atoms with Crippen molar-refractivity contribution >= 4 is 5.69 Å². The first-order valence-electron chi connectivity index (χ1n) is 7.56. The number of nitrogens with zero attached hydrogens (tertiary/aromatic N) is 1. The Bertz CT molecular complexity index is 491. The molecule has 2 atom stereocenters. The molecule has 1 N–H and O–H groups in total. The van der Waals surface area contributed by atoms with E-state index in [2.05, 4.69) is 19.2 Å². The summed E-state index contributed by atoms with van der Waals surface area (Å²) in [5.41, 5.74) is 0.163. The van der Waals surface area contributed by atoms with Gasteiger partial charge in [0.05, 0.1) is 5.69 Å². The first-order chi connectivity index (χ1) is 9.92. The van der Waals surface area contributed by atoms with Crippen LogP contribution >= 0.6 is 0 Å². The van der Waals surface area contributed by atoms with Crippen molar-refractivity contribution in [3.63, 3.8) is 0 Å². The molecule has 2 rings (SSSR count). The van der Waals surface area contributed by atoms with Crippen molar-refractivity contribution in [2.45, 2.75) is 45.7 Å². The minimum atomic E-state index is -1.14. The van der Waals surface area contributed by atoms with Gasteiger partial charge in [0.2, 0.25) is 0 Å². The summed E-state index contributed by atoms with van der Waals surface area (Å²) in [4.78, 5) is 1.88. The molecule has 2 nitrogen and oxygen atoms in total. The van der Waals surface area contributed by atoms with Gasteiger partial charge in [0.15, 0.2) is 11.6 Å². The van der Waals surface area contributed by atoms with Crippen molar-refractivity contribution in [1.82, 2.24) is 5.32 Å². The molecule has 1 fully saturated rings. The van der Waals surface area contributed by atoms with Gasteiger partial charge in [0, 0.05) is 37.3 Å². The van der Waals surface area contributed by atoms with E-state index in [0.29, 0.717) is 18.5 Å². The summed E-state index contributed by atoms with van der Waals surface area (Å²) in [7, 11) is 0. The van der Waals surface area contributed by atoms with Crippen molar-refractivity contribution in [2.24, 2.45) is 5.92 Å². The van der Waals surface area contributed by atoms with Crippen molar-refractivity contribution in [3.8, 4) is 0 Å². The number of nitrogens with one attached hydrogen (secondary N) is 1. The molecule has 5 heteroatoms. The molecule has 0 amide bonds. The molecule has 0 radical (unpaired) electrons. The lowest BCUT2D eigenvalue weighted by atomic mass is 9.98. The number of piperazine rings is 1. The molecule has 0 bridgehead atoms. The van der Waals surface area contributed by atoms with Crippen LogP contribution in [0.15, 0.2) is 12.1 Å². The lowest BCUT2D eigenvalue weighted by Gasteiger charge is -2.42. The van der Waals surface area contributed by atoms with Crippen LogP contribution in [0.3, 0.4) is 0 Å². The monoisotopic (exact) mass is 300 g/mol. The van der Waals surface area contributed by atoms with Gasteiger partial charge in [-0.3, -0.25) is 0 Å². The highest BCUT2D eigenvalue weighted by molar-refractivity contribution is 5.50. The fraction of sp³-hybridized carbons (Fsp3) is 0.625. The topological polar surface area (TPSA) is 15.3 Å². The molecule has 0 spiro atoms. The van der Waals surface area contributed by atoms with E-state index in [1.807, 2.05) is 11.8 Å². The van der Waals surface area contributed by atoms with Gasteiger partial charge in [-0.25, -0.2) is 13.2 Å². The van der Waals surface area contributed by atoms with Crippen molar-refractivity contribution in [1.29, 1.82) is 0 Å². The van der Waals surface area contributed by atoms with Gasteiger partial charge in [-0.1, -0.05) is 20.8 Å². The zero-order valence-electron chi connectivity index (χ0n) is 12.8. The number of benzene rings is 1. The van der Waals surface area contributed by atoms with Crippen LogP contribution < -0.4 is 10.2 Å². The van der Waals surface area contributed by atoms with Gasteiger partial charge in [0.1, 0.15) is 5.82 Å². The van der Waals surface area contributed by atoms with E-state index >= 15 is 0 Å². The Hall–Kier alpha value is -1.23. The second-order valence-electron chi connectivity index (χ2n) is 6.17. The van der Waals surface area contributed by atoms with Crippen LogP contribution in [0.4, 0.5) is 18.9 Å². The Kier molecular flexibility index (Phi) is 5.14. The summed E-state index contributed by atoms with van der Waals surface area (Å²) in [6.07, 6.45) is 1.79. The zero-order valence-corrected chi connectivity index (χ0v) is 12.8. The van der Waals surface area contributed by atoms with E-state index in [9.17, 15) is 13.2 Å². The van der Waals surface area contributed by atoms with E-state index in [-0.39, 0.29) is 17.8 Å². The minimum Gasteiger partial charge on any atom is -0.363 e. The van der Waals surface area contributed by atoms with Crippen molar-refractivity contribution in [2.75, 3.05) is 18.0 Å². The fourth-order valence-corrected chi connectivity index (χ4v) is 2.98. The summed E-state index contributed by atoms with van der Waals surface area (Å²) < 4.78 is 40.6. The molecule has 1 aromatic rings. The number of halogens is 3. The molecule has 0 aliphatic carbocycles. The Labute approximate surface area is 124 Å². The summed E-state index contributed by atoms with van der Waals surface area (Å²) in [5.74, 6) is -2.31. The maximum Gasteiger partial charge on any atom is 0.161 e. The standard InChI is InChI=1S/C16H23F3N2/c1-4-12-8-20-11(5-10(2)3)9-21(12)16-7-14(18)13(17)6-15(16)19/h6-7,10-12,20H,4-5,8-9H2,1-3H3.